The highest BCUT2D eigenvalue weighted by atomic mass is 16.6. The smallest absolute Gasteiger partial charge is 0.411 e. The molecule has 1 amide bonds. The van der Waals surface area contributed by atoms with Gasteiger partial charge in [-0.15, -0.1) is 0 Å². The normalized spacial score (nSPS) is 26.2. The van der Waals surface area contributed by atoms with E-state index < -0.39 is 35.2 Å². The van der Waals surface area contributed by atoms with Crippen LogP contribution in [-0.2, 0) is 14.3 Å². The van der Waals surface area contributed by atoms with Crippen LogP contribution in [0.1, 0.15) is 34.6 Å². The van der Waals surface area contributed by atoms with Crippen molar-refractivity contribution in [1.29, 1.82) is 0 Å². The number of nitrogens with zero attached hydrogens (tertiary/aromatic N) is 1. The van der Waals surface area contributed by atoms with Crippen molar-refractivity contribution in [2.75, 3.05) is 13.7 Å². The van der Waals surface area contributed by atoms with Crippen LogP contribution in [0, 0.1) is 5.41 Å². The fourth-order valence-electron chi connectivity index (χ4n) is 2.15. The van der Waals surface area contributed by atoms with Crippen molar-refractivity contribution in [1.82, 2.24) is 4.90 Å². The third-order valence-corrected chi connectivity index (χ3v) is 3.30. The predicted molar refractivity (Wildman–Crippen MR) is 68.5 cm³/mol. The zero-order valence-corrected chi connectivity index (χ0v) is 12.4. The first-order valence-corrected chi connectivity index (χ1v) is 6.26. The van der Waals surface area contributed by atoms with Gasteiger partial charge in [-0.2, -0.15) is 0 Å². The summed E-state index contributed by atoms with van der Waals surface area (Å²) in [5.74, 6) is -0.549. The molecule has 1 N–H and O–H groups in total. The quantitative estimate of drug-likeness (QED) is 0.726. The van der Waals surface area contributed by atoms with Crippen molar-refractivity contribution in [3.8, 4) is 0 Å². The van der Waals surface area contributed by atoms with Gasteiger partial charge >= 0.3 is 12.1 Å². The molecule has 6 nitrogen and oxygen atoms in total. The van der Waals surface area contributed by atoms with Gasteiger partial charge in [0.2, 0.25) is 0 Å². The number of carbonyl (C=O) groups excluding carboxylic acids is 2. The molecule has 110 valence electrons. The lowest BCUT2D eigenvalue weighted by atomic mass is 9.82. The Labute approximate surface area is 113 Å². The molecule has 1 fully saturated rings. The lowest BCUT2D eigenvalue weighted by molar-refractivity contribution is -0.149. The zero-order chi connectivity index (χ0) is 15.0. The number of β-amino-alcohol motifs (C(OH)–C–C–N with tert-alkyl or cyclic N) is 1. The summed E-state index contributed by atoms with van der Waals surface area (Å²) in [7, 11) is 1.26. The first kappa shape index (κ1) is 15.8. The second-order valence-corrected chi connectivity index (χ2v) is 6.40. The molecule has 0 aromatic rings. The lowest BCUT2D eigenvalue weighted by Crippen LogP contribution is -2.48. The zero-order valence-electron chi connectivity index (χ0n) is 12.4. The summed E-state index contributed by atoms with van der Waals surface area (Å²) in [6.45, 7) is 8.75. The van der Waals surface area contributed by atoms with Crippen molar-refractivity contribution < 1.29 is 24.2 Å². The number of carbonyl (C=O) groups is 2. The van der Waals surface area contributed by atoms with Gasteiger partial charge in [-0.1, -0.05) is 13.8 Å². The van der Waals surface area contributed by atoms with Crippen LogP contribution in [0.3, 0.4) is 0 Å². The number of likely N-dealkylation sites (tertiary alicyclic amines) is 1. The summed E-state index contributed by atoms with van der Waals surface area (Å²) in [4.78, 5) is 25.2. The summed E-state index contributed by atoms with van der Waals surface area (Å²) in [6.07, 6.45) is -1.42. The van der Waals surface area contributed by atoms with Crippen LogP contribution in [-0.4, -0.2) is 53.5 Å². The Kier molecular flexibility index (Phi) is 4.14. The molecule has 2 unspecified atom stereocenters. The molecule has 0 saturated carbocycles. The van der Waals surface area contributed by atoms with Gasteiger partial charge in [0.25, 0.3) is 0 Å². The van der Waals surface area contributed by atoms with E-state index in [9.17, 15) is 14.7 Å². The van der Waals surface area contributed by atoms with E-state index in [0.29, 0.717) is 0 Å². The summed E-state index contributed by atoms with van der Waals surface area (Å²) in [5.41, 5.74) is -1.43. The molecule has 0 radical (unpaired) electrons. The average molecular weight is 273 g/mol. The van der Waals surface area contributed by atoms with Gasteiger partial charge < -0.3 is 14.6 Å². The van der Waals surface area contributed by atoms with E-state index in [1.807, 2.05) is 0 Å². The number of aliphatic hydroxyl groups is 1. The van der Waals surface area contributed by atoms with Crippen LogP contribution < -0.4 is 0 Å². The van der Waals surface area contributed by atoms with E-state index in [1.165, 1.54) is 12.0 Å². The Bertz CT molecular complexity index is 372. The third kappa shape index (κ3) is 3.18. The fraction of sp³-hybridized carbons (Fsp3) is 0.846. The maximum absolute atomic E-state index is 12.1. The Morgan fingerprint density at radius 3 is 2.26 bits per heavy atom. The standard InChI is InChI=1S/C13H23NO5/c1-12(2,3)19-11(17)14-7-8(15)13(4,5)9(14)10(16)18-6/h8-9,15H,7H2,1-6H3. The van der Waals surface area contributed by atoms with Gasteiger partial charge in [0.15, 0.2) is 0 Å². The molecule has 1 heterocycles. The van der Waals surface area contributed by atoms with Crippen molar-refractivity contribution in [3.63, 3.8) is 0 Å². The number of methoxy groups -OCH3 is 1. The monoisotopic (exact) mass is 273 g/mol. The van der Waals surface area contributed by atoms with Crippen molar-refractivity contribution in [2.45, 2.75) is 52.4 Å². The summed E-state index contributed by atoms with van der Waals surface area (Å²) in [5, 5.41) is 10.0. The van der Waals surface area contributed by atoms with E-state index >= 15 is 0 Å². The Hall–Kier alpha value is -1.30. The first-order chi connectivity index (χ1) is 8.50. The predicted octanol–water partition coefficient (Wildman–Crippen LogP) is 1.17. The van der Waals surface area contributed by atoms with Gasteiger partial charge in [-0.05, 0) is 20.8 Å². The van der Waals surface area contributed by atoms with Crippen molar-refractivity contribution in [2.24, 2.45) is 5.41 Å². The van der Waals surface area contributed by atoms with Crippen molar-refractivity contribution >= 4 is 12.1 Å². The lowest BCUT2D eigenvalue weighted by Gasteiger charge is -2.31. The van der Waals surface area contributed by atoms with Gasteiger partial charge in [-0.3, -0.25) is 4.90 Å². The number of hydrogen-bond donors (Lipinski definition) is 1. The van der Waals surface area contributed by atoms with Gasteiger partial charge in [0.05, 0.1) is 19.8 Å². The average Bonchev–Trinajstić information content (AvgIpc) is 2.47. The van der Waals surface area contributed by atoms with Crippen LogP contribution in [0.2, 0.25) is 0 Å². The summed E-state index contributed by atoms with van der Waals surface area (Å²) < 4.78 is 9.99. The van der Waals surface area contributed by atoms with Gasteiger partial charge in [-0.25, -0.2) is 9.59 Å². The molecule has 19 heavy (non-hydrogen) atoms. The van der Waals surface area contributed by atoms with E-state index in [0.717, 1.165) is 0 Å². The first-order valence-electron chi connectivity index (χ1n) is 6.26. The molecular formula is C13H23NO5. The summed E-state index contributed by atoms with van der Waals surface area (Å²) in [6, 6.07) is -0.845. The molecule has 0 bridgehead atoms. The van der Waals surface area contributed by atoms with Crippen LogP contribution in [0.15, 0.2) is 0 Å². The molecule has 6 heteroatoms. The molecule has 0 aromatic carbocycles. The largest absolute Gasteiger partial charge is 0.467 e. The highest BCUT2D eigenvalue weighted by molar-refractivity contribution is 5.83. The molecular weight excluding hydrogens is 250 g/mol. The number of hydrogen-bond acceptors (Lipinski definition) is 5. The highest BCUT2D eigenvalue weighted by Gasteiger charge is 2.54. The second kappa shape index (κ2) is 5.00. The minimum absolute atomic E-state index is 0.0572. The molecule has 0 spiro atoms. The fourth-order valence-corrected chi connectivity index (χ4v) is 2.15. The topological polar surface area (TPSA) is 76.1 Å². The van der Waals surface area contributed by atoms with E-state index in [-0.39, 0.29) is 6.54 Å². The number of ether oxygens (including phenoxy) is 2. The Morgan fingerprint density at radius 2 is 1.84 bits per heavy atom. The maximum atomic E-state index is 12.1. The minimum Gasteiger partial charge on any atom is -0.467 e. The third-order valence-electron chi connectivity index (χ3n) is 3.30. The SMILES string of the molecule is COC(=O)C1N(C(=O)OC(C)(C)C)CC(O)C1(C)C. The van der Waals surface area contributed by atoms with Crippen LogP contribution in [0.4, 0.5) is 4.79 Å². The minimum atomic E-state index is -0.845. The van der Waals surface area contributed by atoms with Crippen LogP contribution in [0.5, 0.6) is 0 Å². The molecule has 0 aliphatic carbocycles. The molecule has 1 aliphatic heterocycles. The second-order valence-electron chi connectivity index (χ2n) is 6.40. The number of aliphatic hydroxyl groups excluding tert-OH is 1. The van der Waals surface area contributed by atoms with Crippen molar-refractivity contribution in [3.05, 3.63) is 0 Å². The molecule has 0 aromatic heterocycles. The molecule has 1 aliphatic rings. The highest BCUT2D eigenvalue weighted by Crippen LogP contribution is 2.37. The maximum Gasteiger partial charge on any atom is 0.411 e. The number of esters is 1. The van der Waals surface area contributed by atoms with Gasteiger partial charge in [0, 0.05) is 5.41 Å². The van der Waals surface area contributed by atoms with E-state index in [2.05, 4.69) is 0 Å². The van der Waals surface area contributed by atoms with E-state index in [4.69, 9.17) is 9.47 Å². The Morgan fingerprint density at radius 1 is 1.32 bits per heavy atom. The molecule has 1 rings (SSSR count). The summed E-state index contributed by atoms with van der Waals surface area (Å²) >= 11 is 0. The number of amides is 1. The number of rotatable bonds is 1. The van der Waals surface area contributed by atoms with E-state index in [1.54, 1.807) is 34.6 Å². The molecule has 2 atom stereocenters. The van der Waals surface area contributed by atoms with Crippen LogP contribution in [0.25, 0.3) is 0 Å². The Balaban J connectivity index is 2.99. The molecule has 1 saturated heterocycles. The van der Waals surface area contributed by atoms with Gasteiger partial charge in [0.1, 0.15) is 11.6 Å². The van der Waals surface area contributed by atoms with Crippen LogP contribution >= 0.6 is 0 Å².